The van der Waals surface area contributed by atoms with Crippen LogP contribution in [0.4, 0.5) is 4.79 Å². The van der Waals surface area contributed by atoms with Gasteiger partial charge in [0.05, 0.1) is 6.10 Å². The number of aliphatic hydroxyl groups is 1. The molecule has 2 unspecified atom stereocenters. The number of carboxylic acid groups (broad SMARTS) is 1. The number of carbonyl (C=O) groups is 2. The van der Waals surface area contributed by atoms with Crippen LogP contribution in [0.3, 0.4) is 0 Å². The normalized spacial score (nSPS) is 32.0. The first-order valence-corrected chi connectivity index (χ1v) is 6.49. The molecule has 2 saturated heterocycles. The maximum atomic E-state index is 12.3. The number of urea groups is 1. The van der Waals surface area contributed by atoms with Gasteiger partial charge in [0.2, 0.25) is 0 Å². The molecular formula is C12H20N2O4. The van der Waals surface area contributed by atoms with E-state index >= 15 is 0 Å². The lowest BCUT2D eigenvalue weighted by molar-refractivity contribution is -0.148. The van der Waals surface area contributed by atoms with E-state index in [9.17, 15) is 19.8 Å². The smallest absolute Gasteiger partial charge is 0.329 e. The highest BCUT2D eigenvalue weighted by Crippen LogP contribution is 2.34. The lowest BCUT2D eigenvalue weighted by Gasteiger charge is -2.36. The summed E-state index contributed by atoms with van der Waals surface area (Å²) in [6, 6.07) is -0.242. The molecule has 0 aromatic rings. The molecule has 0 radical (unpaired) electrons. The standard InChI is InChI=1S/C12H20N2O4/c1-2-12(10(16)17)5-3-6-14(12)11(18)13-7-4-9(15)8-13/h9,15H,2-8H2,1H3,(H,16,17). The van der Waals surface area contributed by atoms with Crippen LogP contribution in [0.2, 0.25) is 0 Å². The predicted molar refractivity (Wildman–Crippen MR) is 64.2 cm³/mol. The molecule has 6 heteroatoms. The van der Waals surface area contributed by atoms with Gasteiger partial charge in [-0.1, -0.05) is 6.92 Å². The maximum Gasteiger partial charge on any atom is 0.329 e. The zero-order valence-corrected chi connectivity index (χ0v) is 10.6. The zero-order chi connectivity index (χ0) is 13.3. The Morgan fingerprint density at radius 1 is 1.39 bits per heavy atom. The van der Waals surface area contributed by atoms with Crippen molar-refractivity contribution in [1.82, 2.24) is 9.80 Å². The molecule has 102 valence electrons. The Hall–Kier alpha value is -1.30. The molecule has 0 aromatic heterocycles. The van der Waals surface area contributed by atoms with Crippen LogP contribution in [0.25, 0.3) is 0 Å². The summed E-state index contributed by atoms with van der Waals surface area (Å²) < 4.78 is 0. The molecule has 0 spiro atoms. The quantitative estimate of drug-likeness (QED) is 0.754. The van der Waals surface area contributed by atoms with Gasteiger partial charge in [-0.3, -0.25) is 0 Å². The number of carboxylic acids is 1. The number of aliphatic hydroxyl groups excluding tert-OH is 1. The summed E-state index contributed by atoms with van der Waals surface area (Å²) in [5, 5.41) is 18.9. The predicted octanol–water partition coefficient (Wildman–Crippen LogP) is 0.502. The van der Waals surface area contributed by atoms with Gasteiger partial charge in [0.25, 0.3) is 0 Å². The third kappa shape index (κ3) is 1.94. The van der Waals surface area contributed by atoms with E-state index in [1.54, 1.807) is 11.8 Å². The van der Waals surface area contributed by atoms with E-state index in [1.807, 2.05) is 0 Å². The lowest BCUT2D eigenvalue weighted by atomic mass is 9.93. The summed E-state index contributed by atoms with van der Waals surface area (Å²) >= 11 is 0. The Morgan fingerprint density at radius 3 is 2.61 bits per heavy atom. The number of likely N-dealkylation sites (tertiary alicyclic amines) is 2. The van der Waals surface area contributed by atoms with Crippen LogP contribution >= 0.6 is 0 Å². The Labute approximate surface area is 106 Å². The van der Waals surface area contributed by atoms with Crippen molar-refractivity contribution in [3.8, 4) is 0 Å². The Kier molecular flexibility index (Phi) is 3.47. The third-order valence-corrected chi connectivity index (χ3v) is 4.14. The minimum atomic E-state index is -1.05. The number of carbonyl (C=O) groups excluding carboxylic acids is 1. The number of rotatable bonds is 2. The van der Waals surface area contributed by atoms with Crippen molar-refractivity contribution in [3.63, 3.8) is 0 Å². The van der Waals surface area contributed by atoms with E-state index in [0.29, 0.717) is 38.9 Å². The molecule has 0 saturated carbocycles. The minimum absolute atomic E-state index is 0.242. The van der Waals surface area contributed by atoms with Crippen molar-refractivity contribution in [1.29, 1.82) is 0 Å². The molecule has 0 aromatic carbocycles. The average Bonchev–Trinajstić information content (AvgIpc) is 2.94. The van der Waals surface area contributed by atoms with E-state index < -0.39 is 17.6 Å². The Balaban J connectivity index is 2.16. The van der Waals surface area contributed by atoms with Crippen molar-refractivity contribution in [2.45, 2.75) is 44.2 Å². The number of β-amino-alcohol motifs (C(OH)–C–C–N with tert-alkyl or cyclic N) is 1. The highest BCUT2D eigenvalue weighted by molar-refractivity contribution is 5.87. The van der Waals surface area contributed by atoms with Gasteiger partial charge in [0.1, 0.15) is 5.54 Å². The fraction of sp³-hybridized carbons (Fsp3) is 0.833. The van der Waals surface area contributed by atoms with Gasteiger partial charge in [-0.25, -0.2) is 9.59 Å². The fourth-order valence-corrected chi connectivity index (χ4v) is 2.98. The highest BCUT2D eigenvalue weighted by atomic mass is 16.4. The van der Waals surface area contributed by atoms with Gasteiger partial charge in [-0.05, 0) is 25.7 Å². The molecule has 2 atom stereocenters. The van der Waals surface area contributed by atoms with Gasteiger partial charge in [0.15, 0.2) is 0 Å². The first-order chi connectivity index (χ1) is 8.51. The summed E-state index contributed by atoms with van der Waals surface area (Å²) in [4.78, 5) is 26.9. The monoisotopic (exact) mass is 256 g/mol. The average molecular weight is 256 g/mol. The topological polar surface area (TPSA) is 81.1 Å². The van der Waals surface area contributed by atoms with Gasteiger partial charge >= 0.3 is 12.0 Å². The molecular weight excluding hydrogens is 236 g/mol. The Bertz CT molecular complexity index is 360. The number of aliphatic carboxylic acids is 1. The van der Waals surface area contributed by atoms with Crippen LogP contribution in [0.15, 0.2) is 0 Å². The van der Waals surface area contributed by atoms with Crippen LogP contribution in [0, 0.1) is 0 Å². The second kappa shape index (κ2) is 4.76. The molecule has 2 aliphatic rings. The van der Waals surface area contributed by atoms with Crippen molar-refractivity contribution in [3.05, 3.63) is 0 Å². The molecule has 2 amide bonds. The third-order valence-electron chi connectivity index (χ3n) is 4.14. The van der Waals surface area contributed by atoms with Crippen LogP contribution < -0.4 is 0 Å². The van der Waals surface area contributed by atoms with Gasteiger partial charge in [-0.2, -0.15) is 0 Å². The summed E-state index contributed by atoms with van der Waals surface area (Å²) in [6.07, 6.45) is 1.76. The summed E-state index contributed by atoms with van der Waals surface area (Å²) in [6.45, 7) is 3.12. The first kappa shape index (κ1) is 13.1. The van der Waals surface area contributed by atoms with Crippen LogP contribution in [0.5, 0.6) is 0 Å². The molecule has 0 bridgehead atoms. The minimum Gasteiger partial charge on any atom is -0.479 e. The fourth-order valence-electron chi connectivity index (χ4n) is 2.98. The summed E-state index contributed by atoms with van der Waals surface area (Å²) in [7, 11) is 0. The summed E-state index contributed by atoms with van der Waals surface area (Å²) in [5.74, 6) is -0.921. The van der Waals surface area contributed by atoms with Crippen molar-refractivity contribution in [2.24, 2.45) is 0 Å². The number of hydrogen-bond donors (Lipinski definition) is 2. The van der Waals surface area contributed by atoms with Gasteiger partial charge in [0, 0.05) is 19.6 Å². The highest BCUT2D eigenvalue weighted by Gasteiger charge is 2.50. The second-order valence-electron chi connectivity index (χ2n) is 5.12. The van der Waals surface area contributed by atoms with Crippen LogP contribution in [-0.2, 0) is 4.79 Å². The molecule has 18 heavy (non-hydrogen) atoms. The maximum absolute atomic E-state index is 12.3. The SMILES string of the molecule is CCC1(C(=O)O)CCCN1C(=O)N1CCC(O)C1. The van der Waals surface area contributed by atoms with E-state index in [0.717, 1.165) is 6.42 Å². The van der Waals surface area contributed by atoms with E-state index in [4.69, 9.17) is 0 Å². The first-order valence-electron chi connectivity index (χ1n) is 6.49. The van der Waals surface area contributed by atoms with E-state index in [2.05, 4.69) is 0 Å². The largest absolute Gasteiger partial charge is 0.479 e. The summed E-state index contributed by atoms with van der Waals surface area (Å²) in [5.41, 5.74) is -1.05. The van der Waals surface area contributed by atoms with Crippen molar-refractivity contribution >= 4 is 12.0 Å². The van der Waals surface area contributed by atoms with Crippen molar-refractivity contribution < 1.29 is 19.8 Å². The molecule has 0 aliphatic carbocycles. The number of nitrogens with zero attached hydrogens (tertiary/aromatic N) is 2. The lowest BCUT2D eigenvalue weighted by Crippen LogP contribution is -2.56. The Morgan fingerprint density at radius 2 is 2.11 bits per heavy atom. The molecule has 2 fully saturated rings. The molecule has 2 heterocycles. The van der Waals surface area contributed by atoms with E-state index in [1.165, 1.54) is 4.90 Å². The second-order valence-corrected chi connectivity index (χ2v) is 5.12. The number of hydrogen-bond acceptors (Lipinski definition) is 3. The van der Waals surface area contributed by atoms with Crippen LogP contribution in [0.1, 0.15) is 32.6 Å². The van der Waals surface area contributed by atoms with Gasteiger partial charge in [-0.15, -0.1) is 0 Å². The molecule has 2 N–H and O–H groups in total. The van der Waals surface area contributed by atoms with Crippen LogP contribution in [-0.4, -0.2) is 63.3 Å². The molecule has 2 aliphatic heterocycles. The zero-order valence-electron chi connectivity index (χ0n) is 10.6. The van der Waals surface area contributed by atoms with E-state index in [-0.39, 0.29) is 6.03 Å². The molecule has 6 nitrogen and oxygen atoms in total. The van der Waals surface area contributed by atoms with Crippen molar-refractivity contribution in [2.75, 3.05) is 19.6 Å². The van der Waals surface area contributed by atoms with Gasteiger partial charge < -0.3 is 20.0 Å². The molecule has 2 rings (SSSR count). The number of amides is 2.